The van der Waals surface area contributed by atoms with E-state index in [1.165, 1.54) is 0 Å². The van der Waals surface area contributed by atoms with Crippen LogP contribution in [0.5, 0.6) is 0 Å². The molecule has 0 spiro atoms. The maximum absolute atomic E-state index is 12.0. The Morgan fingerprint density at radius 3 is 2.58 bits per heavy atom. The number of amides is 2. The largest absolute Gasteiger partial charge is 0.381 e. The zero-order chi connectivity index (χ0) is 16.7. The normalized spacial score (nSPS) is 15.9. The summed E-state index contributed by atoms with van der Waals surface area (Å²) in [6.45, 7) is 4.01. The first-order valence-corrected chi connectivity index (χ1v) is 8.04. The predicted octanol–water partition coefficient (Wildman–Crippen LogP) is 1.02. The Morgan fingerprint density at radius 2 is 1.92 bits per heavy atom. The van der Waals surface area contributed by atoms with E-state index in [2.05, 4.69) is 10.6 Å². The SMILES string of the molecule is Cc1cccc(C(=O)NCCNC(=O)C(N)C2CCOCC2)c1.Cl. The highest BCUT2D eigenvalue weighted by molar-refractivity contribution is 5.94. The first-order valence-electron chi connectivity index (χ1n) is 8.04. The van der Waals surface area contributed by atoms with Crippen molar-refractivity contribution in [1.82, 2.24) is 10.6 Å². The first kappa shape index (κ1) is 20.4. The number of nitrogens with one attached hydrogen (secondary N) is 2. The number of hydrogen-bond acceptors (Lipinski definition) is 4. The van der Waals surface area contributed by atoms with Crippen molar-refractivity contribution in [2.75, 3.05) is 26.3 Å². The molecule has 1 heterocycles. The molecule has 0 bridgehead atoms. The molecule has 1 atom stereocenters. The van der Waals surface area contributed by atoms with Crippen molar-refractivity contribution >= 4 is 24.2 Å². The number of ether oxygens (including phenoxy) is 1. The van der Waals surface area contributed by atoms with Crippen molar-refractivity contribution < 1.29 is 14.3 Å². The van der Waals surface area contributed by atoms with E-state index < -0.39 is 6.04 Å². The summed E-state index contributed by atoms with van der Waals surface area (Å²) in [4.78, 5) is 24.0. The molecule has 2 amide bonds. The van der Waals surface area contributed by atoms with Crippen molar-refractivity contribution in [3.8, 4) is 0 Å². The van der Waals surface area contributed by atoms with Gasteiger partial charge in [-0.3, -0.25) is 9.59 Å². The van der Waals surface area contributed by atoms with Gasteiger partial charge in [0.25, 0.3) is 5.91 Å². The molecule has 0 saturated carbocycles. The van der Waals surface area contributed by atoms with Crippen LogP contribution >= 0.6 is 12.4 Å². The van der Waals surface area contributed by atoms with Crippen LogP contribution in [-0.2, 0) is 9.53 Å². The first-order chi connectivity index (χ1) is 11.1. The molecule has 0 radical (unpaired) electrons. The van der Waals surface area contributed by atoms with E-state index in [1.807, 2.05) is 25.1 Å². The summed E-state index contributed by atoms with van der Waals surface area (Å²) in [6.07, 6.45) is 1.64. The Morgan fingerprint density at radius 1 is 1.25 bits per heavy atom. The molecule has 1 saturated heterocycles. The van der Waals surface area contributed by atoms with Crippen molar-refractivity contribution in [3.63, 3.8) is 0 Å². The van der Waals surface area contributed by atoms with E-state index in [-0.39, 0.29) is 30.1 Å². The second-order valence-electron chi connectivity index (χ2n) is 5.89. The van der Waals surface area contributed by atoms with Gasteiger partial charge in [-0.2, -0.15) is 0 Å². The maximum Gasteiger partial charge on any atom is 0.251 e. The number of rotatable bonds is 6. The average Bonchev–Trinajstić information content (AvgIpc) is 2.58. The van der Waals surface area contributed by atoms with Crippen LogP contribution in [0.15, 0.2) is 24.3 Å². The van der Waals surface area contributed by atoms with E-state index in [0.29, 0.717) is 31.9 Å². The minimum atomic E-state index is -0.508. The van der Waals surface area contributed by atoms with Crippen LogP contribution < -0.4 is 16.4 Å². The van der Waals surface area contributed by atoms with Gasteiger partial charge in [0.15, 0.2) is 0 Å². The molecule has 24 heavy (non-hydrogen) atoms. The lowest BCUT2D eigenvalue weighted by Crippen LogP contribution is -2.48. The van der Waals surface area contributed by atoms with Crippen LogP contribution in [-0.4, -0.2) is 44.2 Å². The number of hydrogen-bond donors (Lipinski definition) is 3. The molecule has 7 heteroatoms. The zero-order valence-electron chi connectivity index (χ0n) is 13.9. The van der Waals surface area contributed by atoms with Crippen LogP contribution in [0.25, 0.3) is 0 Å². The second-order valence-corrected chi connectivity index (χ2v) is 5.89. The van der Waals surface area contributed by atoms with Crippen molar-refractivity contribution in [1.29, 1.82) is 0 Å². The predicted molar refractivity (Wildman–Crippen MR) is 95.3 cm³/mol. The molecular formula is C17H26ClN3O3. The summed E-state index contributed by atoms with van der Waals surface area (Å²) in [5, 5.41) is 5.56. The van der Waals surface area contributed by atoms with Crippen molar-refractivity contribution in [3.05, 3.63) is 35.4 Å². The molecule has 1 aliphatic rings. The molecule has 4 N–H and O–H groups in total. The number of carbonyl (C=O) groups excluding carboxylic acids is 2. The fourth-order valence-electron chi connectivity index (χ4n) is 2.66. The highest BCUT2D eigenvalue weighted by Gasteiger charge is 2.26. The van der Waals surface area contributed by atoms with E-state index >= 15 is 0 Å². The fraction of sp³-hybridized carbons (Fsp3) is 0.529. The Labute approximate surface area is 148 Å². The Balaban J connectivity index is 0.00000288. The molecule has 0 aromatic heterocycles. The number of nitrogens with two attached hydrogens (primary N) is 1. The molecule has 1 aromatic rings. The molecular weight excluding hydrogens is 330 g/mol. The summed E-state index contributed by atoms with van der Waals surface area (Å²) in [6, 6.07) is 6.87. The number of halogens is 1. The summed E-state index contributed by atoms with van der Waals surface area (Å²) in [5.74, 6) is -0.135. The Kier molecular flexibility index (Phi) is 8.74. The maximum atomic E-state index is 12.0. The van der Waals surface area contributed by atoms with Crippen molar-refractivity contribution in [2.45, 2.75) is 25.8 Å². The van der Waals surface area contributed by atoms with Crippen LogP contribution in [0.2, 0.25) is 0 Å². The van der Waals surface area contributed by atoms with Gasteiger partial charge in [-0.25, -0.2) is 0 Å². The van der Waals surface area contributed by atoms with Gasteiger partial charge in [0.1, 0.15) is 0 Å². The van der Waals surface area contributed by atoms with Gasteiger partial charge in [0.05, 0.1) is 6.04 Å². The molecule has 6 nitrogen and oxygen atoms in total. The highest BCUT2D eigenvalue weighted by Crippen LogP contribution is 2.17. The molecule has 1 unspecified atom stereocenters. The average molecular weight is 356 g/mol. The fourth-order valence-corrected chi connectivity index (χ4v) is 2.66. The molecule has 1 fully saturated rings. The number of benzene rings is 1. The lowest BCUT2D eigenvalue weighted by Gasteiger charge is -2.26. The topological polar surface area (TPSA) is 93.5 Å². The molecule has 134 valence electrons. The van der Waals surface area contributed by atoms with Gasteiger partial charge >= 0.3 is 0 Å². The minimum Gasteiger partial charge on any atom is -0.381 e. The molecule has 1 aliphatic heterocycles. The van der Waals surface area contributed by atoms with Gasteiger partial charge in [-0.15, -0.1) is 12.4 Å². The third-order valence-electron chi connectivity index (χ3n) is 4.07. The van der Waals surface area contributed by atoms with Crippen LogP contribution in [0, 0.1) is 12.8 Å². The van der Waals surface area contributed by atoms with Gasteiger partial charge in [-0.05, 0) is 37.8 Å². The summed E-state index contributed by atoms with van der Waals surface area (Å²) in [7, 11) is 0. The van der Waals surface area contributed by atoms with Crippen LogP contribution in [0.1, 0.15) is 28.8 Å². The van der Waals surface area contributed by atoms with Crippen molar-refractivity contribution in [2.24, 2.45) is 11.7 Å². The van der Waals surface area contributed by atoms with Gasteiger partial charge < -0.3 is 21.1 Å². The number of carbonyl (C=O) groups is 2. The van der Waals surface area contributed by atoms with Crippen LogP contribution in [0.3, 0.4) is 0 Å². The van der Waals surface area contributed by atoms with Gasteiger partial charge in [-0.1, -0.05) is 17.7 Å². The minimum absolute atomic E-state index is 0. The smallest absolute Gasteiger partial charge is 0.251 e. The molecule has 1 aromatic carbocycles. The zero-order valence-corrected chi connectivity index (χ0v) is 14.7. The van der Waals surface area contributed by atoms with E-state index in [9.17, 15) is 9.59 Å². The standard InChI is InChI=1S/C17H25N3O3.ClH/c1-12-3-2-4-14(11-12)16(21)19-7-8-20-17(22)15(18)13-5-9-23-10-6-13;/h2-4,11,13,15H,5-10,18H2,1H3,(H,19,21)(H,20,22);1H. The Bertz CT molecular complexity index is 548. The van der Waals surface area contributed by atoms with E-state index in [1.54, 1.807) is 6.07 Å². The van der Waals surface area contributed by atoms with Gasteiger partial charge in [0, 0.05) is 31.9 Å². The molecule has 2 rings (SSSR count). The lowest BCUT2D eigenvalue weighted by atomic mass is 9.92. The second kappa shape index (κ2) is 10.3. The summed E-state index contributed by atoms with van der Waals surface area (Å²) >= 11 is 0. The van der Waals surface area contributed by atoms with Gasteiger partial charge in [0.2, 0.25) is 5.91 Å². The van der Waals surface area contributed by atoms with Crippen LogP contribution in [0.4, 0.5) is 0 Å². The molecule has 0 aliphatic carbocycles. The third kappa shape index (κ3) is 6.11. The van der Waals surface area contributed by atoms with E-state index in [4.69, 9.17) is 10.5 Å². The number of aryl methyl sites for hydroxylation is 1. The summed E-state index contributed by atoms with van der Waals surface area (Å²) < 4.78 is 5.27. The highest BCUT2D eigenvalue weighted by atomic mass is 35.5. The van der Waals surface area contributed by atoms with E-state index in [0.717, 1.165) is 18.4 Å². The Hall–Kier alpha value is -1.63. The lowest BCUT2D eigenvalue weighted by molar-refractivity contribution is -0.124. The quantitative estimate of drug-likeness (QED) is 0.664. The monoisotopic (exact) mass is 355 g/mol. The third-order valence-corrected chi connectivity index (χ3v) is 4.07. The summed E-state index contributed by atoms with van der Waals surface area (Å²) in [5.41, 5.74) is 7.64.